The van der Waals surface area contributed by atoms with Gasteiger partial charge >= 0.3 is 0 Å². The van der Waals surface area contributed by atoms with Crippen LogP contribution in [-0.4, -0.2) is 49.9 Å². The molecule has 2 aliphatic rings. The van der Waals surface area contributed by atoms with Crippen LogP contribution in [0.2, 0.25) is 0 Å². The van der Waals surface area contributed by atoms with E-state index in [1.165, 1.54) is 12.1 Å². The van der Waals surface area contributed by atoms with Crippen LogP contribution in [0, 0.1) is 12.7 Å². The number of nitrogens with one attached hydrogen (secondary N) is 2. The number of hydrogen-bond acceptors (Lipinski definition) is 4. The fraction of sp³-hybridized carbons (Fsp3) is 0.355. The molecule has 3 aromatic carbocycles. The number of carbonyl (C=O) groups excluding carboxylic acids is 2. The zero-order valence-corrected chi connectivity index (χ0v) is 22.1. The van der Waals surface area contributed by atoms with E-state index in [0.717, 1.165) is 62.3 Å². The predicted octanol–water partition coefficient (Wildman–Crippen LogP) is 4.88. The molecule has 0 radical (unpaired) electrons. The number of piperazine rings is 1. The lowest BCUT2D eigenvalue weighted by atomic mass is 9.71. The first-order chi connectivity index (χ1) is 18.3. The second-order valence-corrected chi connectivity index (χ2v) is 10.7. The van der Waals surface area contributed by atoms with Gasteiger partial charge in [-0.1, -0.05) is 18.2 Å². The van der Waals surface area contributed by atoms with Crippen LogP contribution in [0.5, 0.6) is 0 Å². The van der Waals surface area contributed by atoms with Gasteiger partial charge in [0.2, 0.25) is 5.91 Å². The van der Waals surface area contributed by atoms with E-state index in [-0.39, 0.29) is 24.1 Å². The number of nitrogens with zero attached hydrogens (tertiary/aromatic N) is 2. The molecule has 0 spiro atoms. The third kappa shape index (κ3) is 5.89. The second-order valence-electron chi connectivity index (χ2n) is 10.7. The Morgan fingerprint density at radius 2 is 1.61 bits per heavy atom. The van der Waals surface area contributed by atoms with Crippen LogP contribution in [-0.2, 0) is 16.8 Å². The minimum atomic E-state index is -0.394. The highest BCUT2D eigenvalue weighted by molar-refractivity contribution is 5.95. The molecule has 1 aliphatic carbocycles. The number of hydrogen-bond donors (Lipinski definition) is 2. The molecule has 198 valence electrons. The second kappa shape index (κ2) is 11.0. The summed E-state index contributed by atoms with van der Waals surface area (Å²) in [5.74, 6) is -0.609. The highest BCUT2D eigenvalue weighted by Crippen LogP contribution is 2.42. The van der Waals surface area contributed by atoms with Gasteiger partial charge in [-0.2, -0.15) is 0 Å². The maximum Gasteiger partial charge on any atom is 0.251 e. The number of likely N-dealkylation sites (N-methyl/N-ethyl adjacent to an activating group) is 1. The third-order valence-electron chi connectivity index (χ3n) is 7.75. The van der Waals surface area contributed by atoms with Crippen molar-refractivity contribution in [1.29, 1.82) is 0 Å². The van der Waals surface area contributed by atoms with E-state index in [9.17, 15) is 14.0 Å². The summed E-state index contributed by atoms with van der Waals surface area (Å²) in [5, 5.41) is 6.18. The van der Waals surface area contributed by atoms with Gasteiger partial charge in [-0.05, 0) is 98.5 Å². The lowest BCUT2D eigenvalue weighted by molar-refractivity contribution is -0.115. The Labute approximate surface area is 223 Å². The van der Waals surface area contributed by atoms with E-state index in [2.05, 4.69) is 27.5 Å². The van der Waals surface area contributed by atoms with Crippen molar-refractivity contribution < 1.29 is 14.0 Å². The van der Waals surface area contributed by atoms with E-state index >= 15 is 0 Å². The Kier molecular flexibility index (Phi) is 7.47. The summed E-state index contributed by atoms with van der Waals surface area (Å²) < 4.78 is 13.6. The molecule has 1 saturated heterocycles. The quantitative estimate of drug-likeness (QED) is 0.472. The molecule has 1 heterocycles. The van der Waals surface area contributed by atoms with Crippen LogP contribution in [0.3, 0.4) is 0 Å². The Morgan fingerprint density at radius 3 is 2.21 bits per heavy atom. The summed E-state index contributed by atoms with van der Waals surface area (Å²) in [4.78, 5) is 30.4. The van der Waals surface area contributed by atoms with Crippen molar-refractivity contribution in [3.8, 4) is 0 Å². The molecule has 0 atom stereocenters. The standard InChI is InChI=1S/C31H35FN4O2/c1-22-18-23(20-26(32)19-22)21-29(37)33-27-8-6-25(7-9-27)31(12-3-13-31)34-30(38)24-4-10-28(11-5-24)36-16-14-35(2)15-17-36/h4-11,18-20H,3,12-17,21H2,1-2H3,(H,33,37)(H,34,38). The summed E-state index contributed by atoms with van der Waals surface area (Å²) in [6, 6.07) is 20.2. The molecule has 2 N–H and O–H groups in total. The molecule has 2 fully saturated rings. The van der Waals surface area contributed by atoms with E-state index in [1.807, 2.05) is 61.5 Å². The van der Waals surface area contributed by atoms with E-state index in [0.29, 0.717) is 16.8 Å². The largest absolute Gasteiger partial charge is 0.369 e. The zero-order chi connectivity index (χ0) is 26.7. The summed E-state index contributed by atoms with van der Waals surface area (Å²) in [6.45, 7) is 5.87. The average molecular weight is 515 g/mol. The van der Waals surface area contributed by atoms with Gasteiger partial charge < -0.3 is 20.4 Å². The molecule has 3 aromatic rings. The van der Waals surface area contributed by atoms with Gasteiger partial charge in [0.05, 0.1) is 12.0 Å². The van der Waals surface area contributed by atoms with E-state index in [1.54, 1.807) is 0 Å². The van der Waals surface area contributed by atoms with E-state index in [4.69, 9.17) is 0 Å². The molecule has 1 aliphatic heterocycles. The van der Waals surface area contributed by atoms with Crippen LogP contribution in [0.1, 0.15) is 46.3 Å². The summed E-state index contributed by atoms with van der Waals surface area (Å²) >= 11 is 0. The average Bonchev–Trinajstić information content (AvgIpc) is 2.86. The van der Waals surface area contributed by atoms with Crippen LogP contribution in [0.4, 0.5) is 15.8 Å². The molecule has 0 unspecified atom stereocenters. The lowest BCUT2D eigenvalue weighted by Gasteiger charge is -2.43. The number of carbonyl (C=O) groups is 2. The number of amides is 2. The zero-order valence-electron chi connectivity index (χ0n) is 22.1. The van der Waals surface area contributed by atoms with E-state index < -0.39 is 5.54 Å². The van der Waals surface area contributed by atoms with Gasteiger partial charge in [-0.3, -0.25) is 9.59 Å². The van der Waals surface area contributed by atoms with Gasteiger partial charge in [-0.25, -0.2) is 4.39 Å². The van der Waals surface area contributed by atoms with Crippen LogP contribution in [0.25, 0.3) is 0 Å². The predicted molar refractivity (Wildman–Crippen MR) is 149 cm³/mol. The van der Waals surface area contributed by atoms with Crippen LogP contribution < -0.4 is 15.5 Å². The Morgan fingerprint density at radius 1 is 0.921 bits per heavy atom. The third-order valence-corrected chi connectivity index (χ3v) is 7.75. The number of rotatable bonds is 7. The van der Waals surface area contributed by atoms with Gasteiger partial charge in [0.15, 0.2) is 0 Å². The fourth-order valence-corrected chi connectivity index (χ4v) is 5.37. The van der Waals surface area contributed by atoms with Gasteiger partial charge in [0.25, 0.3) is 5.91 Å². The minimum absolute atomic E-state index is 0.0719. The highest BCUT2D eigenvalue weighted by atomic mass is 19.1. The molecule has 5 rings (SSSR count). The maximum absolute atomic E-state index is 13.6. The monoisotopic (exact) mass is 514 g/mol. The maximum atomic E-state index is 13.6. The van der Waals surface area contributed by atoms with Gasteiger partial charge in [0.1, 0.15) is 5.82 Å². The first-order valence-corrected chi connectivity index (χ1v) is 13.3. The molecule has 6 nitrogen and oxygen atoms in total. The lowest BCUT2D eigenvalue weighted by Crippen LogP contribution is -2.50. The first kappa shape index (κ1) is 25.9. The Hall–Kier alpha value is -3.71. The molecule has 2 amide bonds. The minimum Gasteiger partial charge on any atom is -0.369 e. The Balaban J connectivity index is 1.20. The normalized spacial score (nSPS) is 17.0. The number of anilines is 2. The topological polar surface area (TPSA) is 64.7 Å². The smallest absolute Gasteiger partial charge is 0.251 e. The Bertz CT molecular complexity index is 1270. The number of aryl methyl sites for hydroxylation is 1. The fourth-order valence-electron chi connectivity index (χ4n) is 5.37. The molecule has 1 saturated carbocycles. The highest BCUT2D eigenvalue weighted by Gasteiger charge is 2.40. The number of benzene rings is 3. The first-order valence-electron chi connectivity index (χ1n) is 13.3. The van der Waals surface area contributed by atoms with Crippen molar-refractivity contribution in [3.05, 3.63) is 94.8 Å². The van der Waals surface area contributed by atoms with Crippen LogP contribution in [0.15, 0.2) is 66.7 Å². The molecule has 0 bridgehead atoms. The van der Waals surface area contributed by atoms with Gasteiger partial charge in [-0.15, -0.1) is 0 Å². The molecule has 38 heavy (non-hydrogen) atoms. The molecular formula is C31H35FN4O2. The molecule has 7 heteroatoms. The summed E-state index contributed by atoms with van der Waals surface area (Å²) in [6.07, 6.45) is 2.91. The number of halogens is 1. The van der Waals surface area contributed by atoms with Crippen LogP contribution >= 0.6 is 0 Å². The van der Waals surface area contributed by atoms with Gasteiger partial charge in [0, 0.05) is 43.1 Å². The van der Waals surface area contributed by atoms with Crippen molar-refractivity contribution in [2.75, 3.05) is 43.4 Å². The van der Waals surface area contributed by atoms with Crippen molar-refractivity contribution in [2.45, 2.75) is 38.1 Å². The molecular weight excluding hydrogens is 479 g/mol. The summed E-state index contributed by atoms with van der Waals surface area (Å²) in [7, 11) is 2.14. The van der Waals surface area contributed by atoms with Crippen molar-refractivity contribution >= 4 is 23.2 Å². The van der Waals surface area contributed by atoms with Crippen molar-refractivity contribution in [1.82, 2.24) is 10.2 Å². The summed E-state index contributed by atoms with van der Waals surface area (Å²) in [5.41, 5.74) is 4.55. The SMILES string of the molecule is Cc1cc(F)cc(CC(=O)Nc2ccc(C3(NC(=O)c4ccc(N5CCN(C)CC5)cc4)CCC3)cc2)c1. The van der Waals surface area contributed by atoms with Crippen molar-refractivity contribution in [2.24, 2.45) is 0 Å². The van der Waals surface area contributed by atoms with Crippen molar-refractivity contribution in [3.63, 3.8) is 0 Å². The molecule has 0 aromatic heterocycles.